The van der Waals surface area contributed by atoms with Crippen LogP contribution in [0.5, 0.6) is 0 Å². The number of hydrogen-bond acceptors (Lipinski definition) is 3. The van der Waals surface area contributed by atoms with Gasteiger partial charge in [-0.05, 0) is 42.0 Å². The van der Waals surface area contributed by atoms with Crippen LogP contribution < -0.4 is 5.73 Å². The smallest absolute Gasteiger partial charge is 0.181 e. The molecule has 3 rings (SSSR count). The Balaban J connectivity index is 2.06. The zero-order chi connectivity index (χ0) is 16.4. The molecule has 1 atom stereocenters. The van der Waals surface area contributed by atoms with Gasteiger partial charge in [0.25, 0.3) is 0 Å². The number of oxazole rings is 1. The topological polar surface area (TPSA) is 52.0 Å². The van der Waals surface area contributed by atoms with E-state index in [0.717, 1.165) is 11.6 Å². The zero-order valence-electron chi connectivity index (χ0n) is 12.0. The van der Waals surface area contributed by atoms with Gasteiger partial charge in [-0.25, -0.2) is 13.8 Å². The second kappa shape index (κ2) is 6.48. The van der Waals surface area contributed by atoms with Gasteiger partial charge in [0.2, 0.25) is 0 Å². The highest BCUT2D eigenvalue weighted by Crippen LogP contribution is 2.33. The molecule has 118 valence electrons. The number of nitrogens with two attached hydrogens (primary N) is 1. The van der Waals surface area contributed by atoms with Crippen LogP contribution in [0.25, 0.3) is 11.3 Å². The van der Waals surface area contributed by atoms with Gasteiger partial charge in [-0.15, -0.1) is 0 Å². The van der Waals surface area contributed by atoms with E-state index in [-0.39, 0.29) is 6.54 Å². The number of benzene rings is 2. The highest BCUT2D eigenvalue weighted by molar-refractivity contribution is 6.30. The predicted molar refractivity (Wildman–Crippen MR) is 84.2 cm³/mol. The molecule has 2 aromatic carbocycles. The Kier molecular flexibility index (Phi) is 4.41. The van der Waals surface area contributed by atoms with Crippen LogP contribution >= 0.6 is 11.6 Å². The third-order valence-electron chi connectivity index (χ3n) is 3.55. The minimum Gasteiger partial charge on any atom is -0.443 e. The summed E-state index contributed by atoms with van der Waals surface area (Å²) in [6.07, 6.45) is 1.29. The molecular weight excluding hydrogens is 322 g/mol. The SMILES string of the molecule is NCC(c1cc(F)cc(F)c1)c1ncoc1-c1ccc(Cl)cc1. The quantitative estimate of drug-likeness (QED) is 0.771. The van der Waals surface area contributed by atoms with Crippen molar-refractivity contribution < 1.29 is 13.2 Å². The summed E-state index contributed by atoms with van der Waals surface area (Å²) in [7, 11) is 0. The standard InChI is InChI=1S/C17H13ClF2N2O/c18-12-3-1-10(2-4-12)17-16(22-9-23-17)15(8-21)11-5-13(19)7-14(20)6-11/h1-7,9,15H,8,21H2. The van der Waals surface area contributed by atoms with E-state index in [9.17, 15) is 8.78 Å². The molecule has 1 aromatic heterocycles. The van der Waals surface area contributed by atoms with Crippen molar-refractivity contribution in [2.75, 3.05) is 6.54 Å². The first kappa shape index (κ1) is 15.6. The molecule has 0 amide bonds. The molecule has 0 bridgehead atoms. The Morgan fingerprint density at radius 1 is 1.09 bits per heavy atom. The van der Waals surface area contributed by atoms with Crippen LogP contribution in [-0.2, 0) is 0 Å². The van der Waals surface area contributed by atoms with Gasteiger partial charge in [0, 0.05) is 29.1 Å². The fourth-order valence-electron chi connectivity index (χ4n) is 2.50. The number of nitrogens with zero attached hydrogens (tertiary/aromatic N) is 1. The van der Waals surface area contributed by atoms with Crippen LogP contribution in [0.1, 0.15) is 17.2 Å². The Bertz CT molecular complexity index is 797. The van der Waals surface area contributed by atoms with Crippen LogP contribution in [0.15, 0.2) is 53.3 Å². The second-order valence-corrected chi connectivity index (χ2v) is 5.50. The van der Waals surface area contributed by atoms with Gasteiger partial charge in [-0.1, -0.05) is 11.6 Å². The van der Waals surface area contributed by atoms with E-state index < -0.39 is 17.6 Å². The highest BCUT2D eigenvalue weighted by atomic mass is 35.5. The molecule has 1 unspecified atom stereocenters. The number of halogens is 3. The summed E-state index contributed by atoms with van der Waals surface area (Å²) in [5.74, 6) is -1.30. The number of hydrogen-bond donors (Lipinski definition) is 1. The lowest BCUT2D eigenvalue weighted by molar-refractivity contribution is 0.568. The van der Waals surface area contributed by atoms with Crippen molar-refractivity contribution in [3.63, 3.8) is 0 Å². The van der Waals surface area contributed by atoms with E-state index in [1.165, 1.54) is 18.5 Å². The van der Waals surface area contributed by atoms with Crippen molar-refractivity contribution in [1.82, 2.24) is 4.98 Å². The molecule has 3 aromatic rings. The van der Waals surface area contributed by atoms with Gasteiger partial charge >= 0.3 is 0 Å². The summed E-state index contributed by atoms with van der Waals surface area (Å²) in [4.78, 5) is 4.20. The Labute approximate surface area is 136 Å². The van der Waals surface area contributed by atoms with Crippen molar-refractivity contribution in [2.24, 2.45) is 5.73 Å². The fraction of sp³-hybridized carbons (Fsp3) is 0.118. The van der Waals surface area contributed by atoms with E-state index in [1.54, 1.807) is 24.3 Å². The van der Waals surface area contributed by atoms with E-state index >= 15 is 0 Å². The van der Waals surface area contributed by atoms with Crippen LogP contribution in [-0.4, -0.2) is 11.5 Å². The molecule has 0 aliphatic heterocycles. The Morgan fingerprint density at radius 2 is 1.74 bits per heavy atom. The lowest BCUT2D eigenvalue weighted by atomic mass is 9.93. The molecule has 6 heteroatoms. The van der Waals surface area contributed by atoms with E-state index in [0.29, 0.717) is 22.0 Å². The van der Waals surface area contributed by atoms with Crippen molar-refractivity contribution in [1.29, 1.82) is 0 Å². The molecule has 0 saturated heterocycles. The van der Waals surface area contributed by atoms with Gasteiger partial charge in [0.05, 0.1) is 5.69 Å². The van der Waals surface area contributed by atoms with Gasteiger partial charge in [-0.3, -0.25) is 0 Å². The summed E-state index contributed by atoms with van der Waals surface area (Å²) in [5.41, 5.74) is 7.52. The lowest BCUT2D eigenvalue weighted by Crippen LogP contribution is -2.15. The molecule has 0 saturated carbocycles. The third-order valence-corrected chi connectivity index (χ3v) is 3.81. The summed E-state index contributed by atoms with van der Waals surface area (Å²) >= 11 is 5.88. The van der Waals surface area contributed by atoms with Gasteiger partial charge < -0.3 is 10.2 Å². The summed E-state index contributed by atoms with van der Waals surface area (Å²) in [6, 6.07) is 10.3. The van der Waals surface area contributed by atoms with Crippen molar-refractivity contribution in [2.45, 2.75) is 5.92 Å². The largest absolute Gasteiger partial charge is 0.443 e. The van der Waals surface area contributed by atoms with Crippen molar-refractivity contribution in [3.8, 4) is 11.3 Å². The van der Waals surface area contributed by atoms with Crippen LogP contribution in [0.4, 0.5) is 8.78 Å². The van der Waals surface area contributed by atoms with E-state index in [4.69, 9.17) is 21.8 Å². The van der Waals surface area contributed by atoms with Gasteiger partial charge in [0.1, 0.15) is 11.6 Å². The average Bonchev–Trinajstić information content (AvgIpc) is 2.97. The molecule has 2 N–H and O–H groups in total. The molecule has 0 spiro atoms. The molecular formula is C17H13ClF2N2O. The minimum atomic E-state index is -0.657. The monoisotopic (exact) mass is 334 g/mol. The van der Waals surface area contributed by atoms with Gasteiger partial charge in [0.15, 0.2) is 12.2 Å². The molecule has 0 aliphatic carbocycles. The van der Waals surface area contributed by atoms with E-state index in [1.807, 2.05) is 0 Å². The maximum Gasteiger partial charge on any atom is 0.181 e. The summed E-state index contributed by atoms with van der Waals surface area (Å²) in [5, 5.41) is 0.595. The second-order valence-electron chi connectivity index (χ2n) is 5.06. The first-order valence-electron chi connectivity index (χ1n) is 6.94. The molecule has 0 aliphatic rings. The molecule has 0 fully saturated rings. The van der Waals surface area contributed by atoms with Crippen LogP contribution in [0, 0.1) is 11.6 Å². The first-order valence-corrected chi connectivity index (χ1v) is 7.31. The number of aromatic nitrogens is 1. The maximum atomic E-state index is 13.5. The number of rotatable bonds is 4. The third kappa shape index (κ3) is 3.25. The molecule has 0 radical (unpaired) electrons. The molecule has 3 nitrogen and oxygen atoms in total. The van der Waals surface area contributed by atoms with Crippen molar-refractivity contribution in [3.05, 3.63) is 76.8 Å². The molecule has 1 heterocycles. The maximum absolute atomic E-state index is 13.5. The minimum absolute atomic E-state index is 0.135. The van der Waals surface area contributed by atoms with Crippen LogP contribution in [0.3, 0.4) is 0 Å². The van der Waals surface area contributed by atoms with Crippen molar-refractivity contribution >= 4 is 11.6 Å². The van der Waals surface area contributed by atoms with Crippen LogP contribution in [0.2, 0.25) is 5.02 Å². The summed E-state index contributed by atoms with van der Waals surface area (Å²) < 4.78 is 32.4. The average molecular weight is 335 g/mol. The first-order chi connectivity index (χ1) is 11.1. The predicted octanol–water partition coefficient (Wildman–Crippen LogP) is 4.36. The highest BCUT2D eigenvalue weighted by Gasteiger charge is 2.22. The fourth-order valence-corrected chi connectivity index (χ4v) is 2.63. The van der Waals surface area contributed by atoms with E-state index in [2.05, 4.69) is 4.98 Å². The molecule has 23 heavy (non-hydrogen) atoms. The lowest BCUT2D eigenvalue weighted by Gasteiger charge is -2.14. The normalized spacial score (nSPS) is 12.3. The zero-order valence-corrected chi connectivity index (χ0v) is 12.7. The Morgan fingerprint density at radius 3 is 2.35 bits per heavy atom. The summed E-state index contributed by atoms with van der Waals surface area (Å²) in [6.45, 7) is 0.135. The van der Waals surface area contributed by atoms with Gasteiger partial charge in [-0.2, -0.15) is 0 Å². The Hall–Kier alpha value is -2.24.